The predicted molar refractivity (Wildman–Crippen MR) is 163 cm³/mol. The number of ether oxygens (including phenoxy) is 2. The van der Waals surface area contributed by atoms with Crippen LogP contribution in [-0.2, 0) is 32.3 Å². The number of hydrogen-bond acceptors (Lipinski definition) is 10. The second-order valence-electron chi connectivity index (χ2n) is 10.4. The molecule has 0 unspecified atom stereocenters. The van der Waals surface area contributed by atoms with Crippen molar-refractivity contribution in [2.45, 2.75) is 51.0 Å². The van der Waals surface area contributed by atoms with Gasteiger partial charge in [-0.05, 0) is 64.0 Å². The van der Waals surface area contributed by atoms with Crippen molar-refractivity contribution in [1.82, 2.24) is 31.1 Å². The molecule has 0 spiro atoms. The molecule has 2 heterocycles. The highest BCUT2D eigenvalue weighted by atomic mass is 16.6. The van der Waals surface area contributed by atoms with E-state index in [1.165, 1.54) is 0 Å². The molecule has 0 bridgehead atoms. The minimum absolute atomic E-state index is 0.110. The molecule has 4 amide bonds. The molecular formula is C30H40N8O6. The van der Waals surface area contributed by atoms with Gasteiger partial charge in [0.05, 0.1) is 12.1 Å². The molecule has 236 valence electrons. The SMILES string of the molecule is CN1CCC[C@H]1C(=O)NC(=N)NC(=O)OCc1ccccc1.CN1CCC[C@H]1C(=O)NC(=N)NC(=O)OCc1ccccc1. The lowest BCUT2D eigenvalue weighted by Crippen LogP contribution is -2.49. The van der Waals surface area contributed by atoms with Crippen LogP contribution in [0, 0.1) is 10.8 Å². The van der Waals surface area contributed by atoms with E-state index in [1.54, 1.807) is 0 Å². The van der Waals surface area contributed by atoms with E-state index in [0.717, 1.165) is 49.9 Å². The number of alkyl carbamates (subject to hydrolysis) is 2. The summed E-state index contributed by atoms with van der Waals surface area (Å²) >= 11 is 0. The van der Waals surface area contributed by atoms with E-state index in [-0.39, 0.29) is 49.0 Å². The van der Waals surface area contributed by atoms with E-state index in [0.29, 0.717) is 0 Å². The standard InChI is InChI=1S/2C15H20N4O3/c2*1-19-9-5-8-12(19)13(20)17-14(16)18-15(21)22-10-11-6-3-2-4-7-11/h2*2-4,6-7,12H,5,8-10H2,1H3,(H3,16,17,18,20,21)/t2*12-/m00/s1. The Morgan fingerprint density at radius 1 is 0.659 bits per heavy atom. The number of nitrogens with one attached hydrogen (secondary N) is 6. The number of amides is 4. The van der Waals surface area contributed by atoms with Gasteiger partial charge in [-0.3, -0.25) is 51.5 Å². The lowest BCUT2D eigenvalue weighted by molar-refractivity contribution is -0.124. The quantitative estimate of drug-likeness (QED) is 0.212. The Kier molecular flexibility index (Phi) is 13.3. The molecule has 6 N–H and O–H groups in total. The highest BCUT2D eigenvalue weighted by Crippen LogP contribution is 2.15. The van der Waals surface area contributed by atoms with Crippen molar-refractivity contribution in [3.8, 4) is 0 Å². The minimum Gasteiger partial charge on any atom is -0.444 e. The van der Waals surface area contributed by atoms with Gasteiger partial charge in [-0.2, -0.15) is 0 Å². The van der Waals surface area contributed by atoms with Crippen molar-refractivity contribution in [1.29, 1.82) is 10.8 Å². The zero-order valence-corrected chi connectivity index (χ0v) is 24.9. The average Bonchev–Trinajstić information content (AvgIpc) is 3.64. The molecule has 0 aliphatic carbocycles. The first-order valence-corrected chi connectivity index (χ1v) is 14.3. The maximum atomic E-state index is 11.9. The van der Waals surface area contributed by atoms with Crippen LogP contribution in [0.3, 0.4) is 0 Å². The van der Waals surface area contributed by atoms with Crippen LogP contribution in [0.1, 0.15) is 36.8 Å². The fourth-order valence-corrected chi connectivity index (χ4v) is 4.68. The van der Waals surface area contributed by atoms with Crippen LogP contribution in [-0.4, -0.2) is 85.0 Å². The summed E-state index contributed by atoms with van der Waals surface area (Å²) in [6, 6.07) is 17.9. The summed E-state index contributed by atoms with van der Waals surface area (Å²) in [4.78, 5) is 50.9. The molecule has 2 fully saturated rings. The Morgan fingerprint density at radius 3 is 1.34 bits per heavy atom. The van der Waals surface area contributed by atoms with Crippen molar-refractivity contribution in [3.63, 3.8) is 0 Å². The van der Waals surface area contributed by atoms with Crippen molar-refractivity contribution in [3.05, 3.63) is 71.8 Å². The third kappa shape index (κ3) is 11.5. The van der Waals surface area contributed by atoms with E-state index < -0.39 is 12.2 Å². The Labute approximate surface area is 256 Å². The van der Waals surface area contributed by atoms with Gasteiger partial charge < -0.3 is 9.47 Å². The Hall–Kier alpha value is -4.82. The number of carbonyl (C=O) groups excluding carboxylic acids is 4. The van der Waals surface area contributed by atoms with Crippen LogP contribution in [0.4, 0.5) is 9.59 Å². The summed E-state index contributed by atoms with van der Waals surface area (Å²) in [7, 11) is 3.73. The van der Waals surface area contributed by atoms with Gasteiger partial charge in [0.25, 0.3) is 0 Å². The van der Waals surface area contributed by atoms with Crippen LogP contribution in [0.5, 0.6) is 0 Å². The fourth-order valence-electron chi connectivity index (χ4n) is 4.68. The van der Waals surface area contributed by atoms with Crippen molar-refractivity contribution in [2.75, 3.05) is 27.2 Å². The van der Waals surface area contributed by atoms with Gasteiger partial charge in [0.15, 0.2) is 0 Å². The number of rotatable bonds is 6. The number of likely N-dealkylation sites (N-methyl/N-ethyl adjacent to an activating group) is 2. The van der Waals surface area contributed by atoms with Gasteiger partial charge in [0.2, 0.25) is 23.7 Å². The van der Waals surface area contributed by atoms with Crippen LogP contribution < -0.4 is 21.3 Å². The lowest BCUT2D eigenvalue weighted by atomic mass is 10.2. The maximum absolute atomic E-state index is 11.9. The summed E-state index contributed by atoms with van der Waals surface area (Å²) < 4.78 is 9.95. The van der Waals surface area contributed by atoms with Crippen LogP contribution in [0.2, 0.25) is 0 Å². The Bertz CT molecular complexity index is 1190. The van der Waals surface area contributed by atoms with Crippen LogP contribution >= 0.6 is 0 Å². The topological polar surface area (TPSA) is 189 Å². The molecule has 14 heteroatoms. The van der Waals surface area contributed by atoms with Crippen LogP contribution in [0.15, 0.2) is 60.7 Å². The molecule has 2 aliphatic rings. The number of benzene rings is 2. The van der Waals surface area contributed by atoms with Gasteiger partial charge >= 0.3 is 12.2 Å². The van der Waals surface area contributed by atoms with Gasteiger partial charge in [0.1, 0.15) is 13.2 Å². The number of hydrogen-bond donors (Lipinski definition) is 6. The molecule has 0 radical (unpaired) electrons. The molecule has 0 saturated carbocycles. The first-order valence-electron chi connectivity index (χ1n) is 14.3. The smallest absolute Gasteiger partial charge is 0.414 e. The van der Waals surface area contributed by atoms with Crippen molar-refractivity contribution < 1.29 is 28.7 Å². The summed E-state index contributed by atoms with van der Waals surface area (Å²) in [5.41, 5.74) is 1.70. The summed E-state index contributed by atoms with van der Waals surface area (Å²) in [6.45, 7) is 1.94. The van der Waals surface area contributed by atoms with Crippen molar-refractivity contribution in [2.24, 2.45) is 0 Å². The number of nitrogens with zero attached hydrogens (tertiary/aromatic N) is 2. The zero-order chi connectivity index (χ0) is 31.9. The van der Waals surface area contributed by atoms with E-state index in [4.69, 9.17) is 20.3 Å². The number of guanidine groups is 2. The Morgan fingerprint density at radius 2 is 1.02 bits per heavy atom. The Balaban J connectivity index is 0.000000240. The first-order chi connectivity index (χ1) is 21.1. The highest BCUT2D eigenvalue weighted by molar-refractivity contribution is 6.03. The van der Waals surface area contributed by atoms with Gasteiger partial charge in [-0.25, -0.2) is 9.59 Å². The lowest BCUT2D eigenvalue weighted by Gasteiger charge is -2.18. The van der Waals surface area contributed by atoms with Crippen LogP contribution in [0.25, 0.3) is 0 Å². The molecule has 44 heavy (non-hydrogen) atoms. The molecule has 14 nitrogen and oxygen atoms in total. The maximum Gasteiger partial charge on any atom is 0.414 e. The van der Waals surface area contributed by atoms with Gasteiger partial charge in [-0.15, -0.1) is 0 Å². The van der Waals surface area contributed by atoms with Crippen molar-refractivity contribution >= 4 is 35.9 Å². The van der Waals surface area contributed by atoms with E-state index in [9.17, 15) is 19.2 Å². The summed E-state index contributed by atoms with van der Waals surface area (Å²) in [5.74, 6) is -1.31. The second-order valence-corrected chi connectivity index (χ2v) is 10.4. The zero-order valence-electron chi connectivity index (χ0n) is 24.9. The largest absolute Gasteiger partial charge is 0.444 e. The monoisotopic (exact) mass is 608 g/mol. The average molecular weight is 609 g/mol. The summed E-state index contributed by atoms with van der Waals surface area (Å²) in [5, 5.41) is 24.3. The second kappa shape index (κ2) is 17.3. The number of carbonyl (C=O) groups is 4. The molecule has 0 aromatic heterocycles. The van der Waals surface area contributed by atoms with Gasteiger partial charge in [0, 0.05) is 0 Å². The molecule has 2 aliphatic heterocycles. The van der Waals surface area contributed by atoms with E-state index >= 15 is 0 Å². The first kappa shape index (κ1) is 33.7. The van der Waals surface area contributed by atoms with E-state index in [2.05, 4.69) is 21.3 Å². The molecule has 2 saturated heterocycles. The van der Waals surface area contributed by atoms with Gasteiger partial charge in [-0.1, -0.05) is 60.7 Å². The third-order valence-electron chi connectivity index (χ3n) is 7.02. The third-order valence-corrected chi connectivity index (χ3v) is 7.02. The molecule has 2 aromatic rings. The predicted octanol–water partition coefficient (Wildman–Crippen LogP) is 2.12. The minimum atomic E-state index is -0.770. The highest BCUT2D eigenvalue weighted by Gasteiger charge is 2.29. The molecule has 2 atom stereocenters. The molecule has 4 rings (SSSR count). The normalized spacial score (nSPS) is 17.8. The number of likely N-dealkylation sites (tertiary alicyclic amines) is 2. The molecule has 2 aromatic carbocycles. The molecular weight excluding hydrogens is 568 g/mol. The fraction of sp³-hybridized carbons (Fsp3) is 0.400. The summed E-state index contributed by atoms with van der Waals surface area (Å²) in [6.07, 6.45) is 1.88. The van der Waals surface area contributed by atoms with E-state index in [1.807, 2.05) is 84.6 Å².